The van der Waals surface area contributed by atoms with E-state index in [0.29, 0.717) is 23.6 Å². The van der Waals surface area contributed by atoms with Gasteiger partial charge in [-0.15, -0.1) is 0 Å². The maximum Gasteiger partial charge on any atom is 0.227 e. The molecule has 3 aliphatic rings. The van der Waals surface area contributed by atoms with Crippen LogP contribution >= 0.6 is 11.6 Å². The van der Waals surface area contributed by atoms with Crippen molar-refractivity contribution in [1.82, 2.24) is 5.32 Å². The third-order valence-corrected chi connectivity index (χ3v) is 5.60. The summed E-state index contributed by atoms with van der Waals surface area (Å²) in [5, 5.41) is 3.97. The maximum absolute atomic E-state index is 12.5. The van der Waals surface area contributed by atoms with Gasteiger partial charge in [-0.3, -0.25) is 4.79 Å². The highest BCUT2D eigenvalue weighted by atomic mass is 35.5. The van der Waals surface area contributed by atoms with Crippen molar-refractivity contribution in [1.29, 1.82) is 0 Å². The van der Waals surface area contributed by atoms with Crippen LogP contribution in [-0.4, -0.2) is 18.6 Å². The Morgan fingerprint density at radius 1 is 1.29 bits per heavy atom. The van der Waals surface area contributed by atoms with E-state index >= 15 is 0 Å². The number of rotatable bonds is 2. The van der Waals surface area contributed by atoms with Crippen molar-refractivity contribution in [2.75, 3.05) is 6.61 Å². The van der Waals surface area contributed by atoms with E-state index in [9.17, 15) is 4.79 Å². The number of hydrogen-bond donors (Lipinski definition) is 1. The molecule has 21 heavy (non-hydrogen) atoms. The molecule has 1 aliphatic heterocycles. The van der Waals surface area contributed by atoms with Gasteiger partial charge in [0.2, 0.25) is 5.91 Å². The van der Waals surface area contributed by atoms with Crippen molar-refractivity contribution >= 4 is 17.5 Å². The van der Waals surface area contributed by atoms with Crippen LogP contribution in [0.4, 0.5) is 0 Å². The summed E-state index contributed by atoms with van der Waals surface area (Å²) in [6.07, 6.45) is 5.85. The molecule has 1 heterocycles. The molecule has 0 saturated heterocycles. The van der Waals surface area contributed by atoms with Crippen LogP contribution in [-0.2, 0) is 11.2 Å². The molecule has 1 aromatic rings. The maximum atomic E-state index is 12.5. The number of hydrogen-bond acceptors (Lipinski definition) is 2. The van der Waals surface area contributed by atoms with Crippen molar-refractivity contribution in [3.8, 4) is 5.75 Å². The van der Waals surface area contributed by atoms with Crippen LogP contribution in [0.25, 0.3) is 0 Å². The van der Waals surface area contributed by atoms with Crippen LogP contribution in [0, 0.1) is 17.8 Å². The van der Waals surface area contributed by atoms with E-state index in [-0.39, 0.29) is 11.8 Å². The summed E-state index contributed by atoms with van der Waals surface area (Å²) in [6, 6.07) is 6.03. The van der Waals surface area contributed by atoms with Gasteiger partial charge in [0.1, 0.15) is 12.4 Å². The summed E-state index contributed by atoms with van der Waals surface area (Å²) < 4.78 is 5.72. The van der Waals surface area contributed by atoms with E-state index in [4.69, 9.17) is 16.3 Å². The molecule has 2 saturated carbocycles. The minimum Gasteiger partial charge on any atom is -0.492 e. The minimum atomic E-state index is -0.0879. The highest BCUT2D eigenvalue weighted by molar-refractivity contribution is 6.30. The van der Waals surface area contributed by atoms with Gasteiger partial charge in [-0.1, -0.05) is 18.0 Å². The molecule has 3 nitrogen and oxygen atoms in total. The Labute approximate surface area is 130 Å². The number of halogens is 1. The lowest BCUT2D eigenvalue weighted by Gasteiger charge is -2.28. The monoisotopic (exact) mass is 305 g/mol. The third kappa shape index (κ3) is 2.52. The number of carbonyl (C=O) groups excluding carboxylic acids is 1. The van der Waals surface area contributed by atoms with E-state index in [0.717, 1.165) is 23.7 Å². The van der Waals surface area contributed by atoms with Gasteiger partial charge in [0.05, 0.1) is 5.92 Å². The van der Waals surface area contributed by atoms with Crippen LogP contribution in [0.2, 0.25) is 5.02 Å². The summed E-state index contributed by atoms with van der Waals surface area (Å²) in [5.41, 5.74) is 1.04. The highest BCUT2D eigenvalue weighted by Crippen LogP contribution is 2.44. The normalized spacial score (nSPS) is 33.4. The Hall–Kier alpha value is -1.22. The van der Waals surface area contributed by atoms with E-state index in [1.807, 2.05) is 18.2 Å². The van der Waals surface area contributed by atoms with Gasteiger partial charge >= 0.3 is 0 Å². The average Bonchev–Trinajstić information content (AvgIpc) is 3.09. The Morgan fingerprint density at radius 2 is 2.19 bits per heavy atom. The fourth-order valence-electron chi connectivity index (χ4n) is 4.25. The van der Waals surface area contributed by atoms with Crippen molar-refractivity contribution in [2.24, 2.45) is 17.8 Å². The molecule has 4 heteroatoms. The van der Waals surface area contributed by atoms with Gasteiger partial charge < -0.3 is 10.1 Å². The largest absolute Gasteiger partial charge is 0.492 e. The first-order valence-corrected chi connectivity index (χ1v) is 8.28. The topological polar surface area (TPSA) is 38.3 Å². The van der Waals surface area contributed by atoms with Crippen LogP contribution in [0.1, 0.15) is 31.2 Å². The first-order chi connectivity index (χ1) is 10.2. The van der Waals surface area contributed by atoms with Crippen LogP contribution in [0.3, 0.4) is 0 Å². The summed E-state index contributed by atoms with van der Waals surface area (Å²) >= 11 is 6.03. The lowest BCUT2D eigenvalue weighted by atomic mass is 9.92. The molecule has 4 rings (SSSR count). The number of ether oxygens (including phenoxy) is 1. The summed E-state index contributed by atoms with van der Waals surface area (Å²) in [6.45, 7) is 0.473. The second-order valence-corrected chi connectivity index (χ2v) is 7.19. The second kappa shape index (κ2) is 5.20. The van der Waals surface area contributed by atoms with Crippen LogP contribution < -0.4 is 10.1 Å². The van der Waals surface area contributed by atoms with E-state index in [1.54, 1.807) is 0 Å². The van der Waals surface area contributed by atoms with E-state index in [1.165, 1.54) is 25.7 Å². The molecule has 1 unspecified atom stereocenters. The smallest absolute Gasteiger partial charge is 0.227 e. The van der Waals surface area contributed by atoms with Gasteiger partial charge in [-0.25, -0.2) is 0 Å². The zero-order valence-electron chi connectivity index (χ0n) is 12.0. The summed E-state index contributed by atoms with van der Waals surface area (Å²) in [4.78, 5) is 12.5. The van der Waals surface area contributed by atoms with Gasteiger partial charge in [0, 0.05) is 11.1 Å². The van der Waals surface area contributed by atoms with Crippen molar-refractivity contribution in [2.45, 2.75) is 38.1 Å². The molecular weight excluding hydrogens is 286 g/mol. The number of carbonyl (C=O) groups is 1. The molecule has 4 atom stereocenters. The molecule has 0 radical (unpaired) electrons. The fourth-order valence-corrected chi connectivity index (χ4v) is 4.45. The fraction of sp³-hybridized carbons (Fsp3) is 0.588. The van der Waals surface area contributed by atoms with Crippen molar-refractivity contribution in [3.63, 3.8) is 0 Å². The zero-order chi connectivity index (χ0) is 14.4. The predicted octanol–water partition coefficient (Wildman–Crippen LogP) is 3.20. The number of nitrogens with one attached hydrogen (secondary N) is 1. The van der Waals surface area contributed by atoms with Crippen LogP contribution in [0.15, 0.2) is 18.2 Å². The SMILES string of the molecule is O=C(N[C@@H]1C[C@@H]2CC[C@H]1C2)C1COc2ccc(Cl)cc2C1. The van der Waals surface area contributed by atoms with Gasteiger partial charge in [-0.05, 0) is 61.3 Å². The molecule has 2 fully saturated rings. The van der Waals surface area contributed by atoms with E-state index in [2.05, 4.69) is 5.32 Å². The third-order valence-electron chi connectivity index (χ3n) is 5.37. The molecule has 2 bridgehead atoms. The standard InChI is InChI=1S/C17H20ClNO2/c18-14-3-4-16-12(8-14)7-13(9-21-16)17(20)19-15-6-10-1-2-11(15)5-10/h3-4,8,10-11,13,15H,1-2,5-7,9H2,(H,19,20)/t10-,11+,13?,15-/m1/s1. The number of amides is 1. The summed E-state index contributed by atoms with van der Waals surface area (Å²) in [5.74, 6) is 2.49. The zero-order valence-corrected chi connectivity index (χ0v) is 12.7. The lowest BCUT2D eigenvalue weighted by molar-refractivity contribution is -0.127. The quantitative estimate of drug-likeness (QED) is 0.911. The van der Waals surface area contributed by atoms with Crippen molar-refractivity contribution in [3.05, 3.63) is 28.8 Å². The lowest BCUT2D eigenvalue weighted by Crippen LogP contribution is -2.44. The molecule has 0 spiro atoms. The Kier molecular flexibility index (Phi) is 3.33. The van der Waals surface area contributed by atoms with Gasteiger partial charge in [-0.2, -0.15) is 0 Å². The van der Waals surface area contributed by atoms with Gasteiger partial charge in [0.25, 0.3) is 0 Å². The summed E-state index contributed by atoms with van der Waals surface area (Å²) in [7, 11) is 0. The molecule has 1 amide bonds. The molecule has 1 N–H and O–H groups in total. The molecule has 2 aliphatic carbocycles. The number of fused-ring (bicyclic) bond motifs is 3. The van der Waals surface area contributed by atoms with E-state index < -0.39 is 0 Å². The predicted molar refractivity (Wildman–Crippen MR) is 81.5 cm³/mol. The first-order valence-electron chi connectivity index (χ1n) is 7.90. The first kappa shape index (κ1) is 13.4. The molecular formula is C17H20ClNO2. The highest BCUT2D eigenvalue weighted by Gasteiger charge is 2.41. The molecule has 0 aromatic heterocycles. The Morgan fingerprint density at radius 3 is 2.95 bits per heavy atom. The Bertz CT molecular complexity index is 574. The Balaban J connectivity index is 1.42. The number of benzene rings is 1. The van der Waals surface area contributed by atoms with Gasteiger partial charge in [0.15, 0.2) is 0 Å². The van der Waals surface area contributed by atoms with Crippen LogP contribution in [0.5, 0.6) is 5.75 Å². The van der Waals surface area contributed by atoms with Crippen molar-refractivity contribution < 1.29 is 9.53 Å². The minimum absolute atomic E-state index is 0.0879. The molecule has 112 valence electrons. The second-order valence-electron chi connectivity index (χ2n) is 6.75. The molecule has 1 aromatic carbocycles. The average molecular weight is 306 g/mol.